The van der Waals surface area contributed by atoms with Gasteiger partial charge in [-0.25, -0.2) is 4.39 Å². The van der Waals surface area contributed by atoms with Gasteiger partial charge in [-0.1, -0.05) is 6.92 Å². The zero-order valence-electron chi connectivity index (χ0n) is 11.2. The van der Waals surface area contributed by atoms with Gasteiger partial charge < -0.3 is 11.1 Å². The second-order valence-electron chi connectivity index (χ2n) is 5.24. The number of nitrogen functional groups attached to an aromatic ring is 1. The van der Waals surface area contributed by atoms with E-state index >= 15 is 0 Å². The van der Waals surface area contributed by atoms with Crippen LogP contribution in [0.3, 0.4) is 0 Å². The molecule has 0 spiro atoms. The van der Waals surface area contributed by atoms with Crippen molar-refractivity contribution in [3.63, 3.8) is 0 Å². The van der Waals surface area contributed by atoms with Crippen LogP contribution in [0.1, 0.15) is 19.8 Å². The molecule has 0 aromatic heterocycles. The highest BCUT2D eigenvalue weighted by Gasteiger charge is 2.18. The zero-order valence-corrected chi connectivity index (χ0v) is 11.2. The van der Waals surface area contributed by atoms with Crippen molar-refractivity contribution in [3.8, 4) is 0 Å². The van der Waals surface area contributed by atoms with E-state index in [1.165, 1.54) is 18.2 Å². The SMILES string of the molecule is CC1CCN(CC(=O)Nc2cc(F)ccc2N)CC1. The quantitative estimate of drug-likeness (QED) is 0.823. The third-order valence-corrected chi connectivity index (χ3v) is 3.53. The van der Waals surface area contributed by atoms with Gasteiger partial charge in [-0.2, -0.15) is 0 Å². The van der Waals surface area contributed by atoms with Crippen LogP contribution in [0.25, 0.3) is 0 Å². The molecular weight excluding hydrogens is 245 g/mol. The van der Waals surface area contributed by atoms with E-state index in [4.69, 9.17) is 5.73 Å². The van der Waals surface area contributed by atoms with Crippen LogP contribution in [0, 0.1) is 11.7 Å². The number of hydrogen-bond donors (Lipinski definition) is 2. The molecule has 0 aliphatic carbocycles. The van der Waals surface area contributed by atoms with E-state index in [0.29, 0.717) is 17.9 Å². The molecule has 0 saturated carbocycles. The summed E-state index contributed by atoms with van der Waals surface area (Å²) in [4.78, 5) is 14.0. The Bertz CT molecular complexity index is 456. The number of likely N-dealkylation sites (tertiary alicyclic amines) is 1. The molecule has 1 aromatic carbocycles. The van der Waals surface area contributed by atoms with Crippen molar-refractivity contribution in [3.05, 3.63) is 24.0 Å². The molecule has 1 aromatic rings. The third-order valence-electron chi connectivity index (χ3n) is 3.53. The van der Waals surface area contributed by atoms with E-state index in [1.807, 2.05) is 0 Å². The predicted molar refractivity (Wildman–Crippen MR) is 74.3 cm³/mol. The second-order valence-corrected chi connectivity index (χ2v) is 5.24. The lowest BCUT2D eigenvalue weighted by atomic mass is 9.99. The van der Waals surface area contributed by atoms with E-state index < -0.39 is 5.82 Å². The number of hydrogen-bond acceptors (Lipinski definition) is 3. The Labute approximate surface area is 112 Å². The third kappa shape index (κ3) is 3.92. The van der Waals surface area contributed by atoms with Gasteiger partial charge in [-0.15, -0.1) is 0 Å². The lowest BCUT2D eigenvalue weighted by Gasteiger charge is -2.29. The number of nitrogens with one attached hydrogen (secondary N) is 1. The van der Waals surface area contributed by atoms with Crippen LogP contribution >= 0.6 is 0 Å². The minimum atomic E-state index is -0.406. The molecule has 0 unspecified atom stereocenters. The summed E-state index contributed by atoms with van der Waals surface area (Å²) >= 11 is 0. The van der Waals surface area contributed by atoms with Crippen molar-refractivity contribution in [2.75, 3.05) is 30.7 Å². The molecule has 104 valence electrons. The Morgan fingerprint density at radius 3 is 2.84 bits per heavy atom. The Hall–Kier alpha value is -1.62. The smallest absolute Gasteiger partial charge is 0.238 e. The average molecular weight is 265 g/mol. The topological polar surface area (TPSA) is 58.4 Å². The summed E-state index contributed by atoms with van der Waals surface area (Å²) in [7, 11) is 0. The Morgan fingerprint density at radius 2 is 2.16 bits per heavy atom. The molecule has 3 N–H and O–H groups in total. The predicted octanol–water partition coefficient (Wildman–Crippen LogP) is 2.08. The first-order valence-corrected chi connectivity index (χ1v) is 6.62. The standard InChI is InChI=1S/C14H20FN3O/c1-10-4-6-18(7-5-10)9-14(19)17-13-8-11(15)2-3-12(13)16/h2-3,8,10H,4-7,9,16H2,1H3,(H,17,19). The second kappa shape index (κ2) is 6.02. The minimum absolute atomic E-state index is 0.146. The van der Waals surface area contributed by atoms with Gasteiger partial charge in [0.15, 0.2) is 0 Å². The summed E-state index contributed by atoms with van der Waals surface area (Å²) < 4.78 is 13.1. The first-order chi connectivity index (χ1) is 9.04. The lowest BCUT2D eigenvalue weighted by Crippen LogP contribution is -2.38. The van der Waals surface area contributed by atoms with E-state index in [-0.39, 0.29) is 5.91 Å². The number of amides is 1. The van der Waals surface area contributed by atoms with Crippen LogP contribution in [0.15, 0.2) is 18.2 Å². The molecule has 0 radical (unpaired) electrons. The van der Waals surface area contributed by atoms with Gasteiger partial charge in [0.1, 0.15) is 5.82 Å². The molecule has 0 atom stereocenters. The maximum absolute atomic E-state index is 13.1. The average Bonchev–Trinajstić information content (AvgIpc) is 2.37. The molecule has 0 bridgehead atoms. The van der Waals surface area contributed by atoms with Crippen LogP contribution < -0.4 is 11.1 Å². The number of carbonyl (C=O) groups excluding carboxylic acids is 1. The molecule has 1 amide bonds. The van der Waals surface area contributed by atoms with Crippen molar-refractivity contribution in [1.82, 2.24) is 4.90 Å². The highest BCUT2D eigenvalue weighted by molar-refractivity contribution is 5.95. The Balaban J connectivity index is 1.89. The molecule has 5 heteroatoms. The van der Waals surface area contributed by atoms with Gasteiger partial charge in [0.2, 0.25) is 5.91 Å². The van der Waals surface area contributed by atoms with E-state index in [9.17, 15) is 9.18 Å². The van der Waals surface area contributed by atoms with Crippen LogP contribution in [0.2, 0.25) is 0 Å². The van der Waals surface area contributed by atoms with E-state index in [2.05, 4.69) is 17.1 Å². The van der Waals surface area contributed by atoms with Crippen molar-refractivity contribution in [2.45, 2.75) is 19.8 Å². The number of rotatable bonds is 3. The van der Waals surface area contributed by atoms with Gasteiger partial charge in [0.25, 0.3) is 0 Å². The Morgan fingerprint density at radius 1 is 1.47 bits per heavy atom. The number of piperidine rings is 1. The van der Waals surface area contributed by atoms with E-state index in [0.717, 1.165) is 31.8 Å². The molecule has 1 heterocycles. The highest BCUT2D eigenvalue weighted by atomic mass is 19.1. The van der Waals surface area contributed by atoms with Gasteiger partial charge in [0, 0.05) is 0 Å². The van der Waals surface area contributed by atoms with E-state index in [1.54, 1.807) is 0 Å². The number of carbonyl (C=O) groups is 1. The summed E-state index contributed by atoms with van der Waals surface area (Å²) in [5, 5.41) is 2.66. The summed E-state index contributed by atoms with van der Waals surface area (Å²) in [6.07, 6.45) is 2.24. The maximum Gasteiger partial charge on any atom is 0.238 e. The summed E-state index contributed by atoms with van der Waals surface area (Å²) in [6.45, 7) is 4.44. The molecule has 19 heavy (non-hydrogen) atoms. The fourth-order valence-electron chi connectivity index (χ4n) is 2.25. The molecule has 2 rings (SSSR count). The monoisotopic (exact) mass is 265 g/mol. The van der Waals surface area contributed by atoms with Crippen molar-refractivity contribution >= 4 is 17.3 Å². The van der Waals surface area contributed by atoms with Crippen molar-refractivity contribution in [2.24, 2.45) is 5.92 Å². The van der Waals surface area contributed by atoms with Crippen LogP contribution in [-0.4, -0.2) is 30.4 Å². The van der Waals surface area contributed by atoms with Crippen molar-refractivity contribution in [1.29, 1.82) is 0 Å². The van der Waals surface area contributed by atoms with Gasteiger partial charge in [-0.05, 0) is 50.0 Å². The molecule has 1 aliphatic heterocycles. The minimum Gasteiger partial charge on any atom is -0.397 e. The number of nitrogens with two attached hydrogens (primary N) is 1. The Kier molecular flexibility index (Phi) is 4.37. The van der Waals surface area contributed by atoms with Crippen LogP contribution in [-0.2, 0) is 4.79 Å². The molecular formula is C14H20FN3O. The molecule has 1 saturated heterocycles. The van der Waals surface area contributed by atoms with Gasteiger partial charge in [0.05, 0.1) is 17.9 Å². The molecule has 1 aliphatic rings. The van der Waals surface area contributed by atoms with Gasteiger partial charge >= 0.3 is 0 Å². The summed E-state index contributed by atoms with van der Waals surface area (Å²) in [5.74, 6) is 0.182. The first-order valence-electron chi connectivity index (χ1n) is 6.62. The summed E-state index contributed by atoms with van der Waals surface area (Å²) in [5.41, 5.74) is 6.41. The first kappa shape index (κ1) is 13.8. The van der Waals surface area contributed by atoms with Crippen molar-refractivity contribution < 1.29 is 9.18 Å². The zero-order chi connectivity index (χ0) is 13.8. The fraction of sp³-hybridized carbons (Fsp3) is 0.500. The largest absolute Gasteiger partial charge is 0.397 e. The number of anilines is 2. The fourth-order valence-corrected chi connectivity index (χ4v) is 2.25. The lowest BCUT2D eigenvalue weighted by molar-refractivity contribution is -0.117. The number of benzene rings is 1. The molecule has 1 fully saturated rings. The number of halogens is 1. The highest BCUT2D eigenvalue weighted by Crippen LogP contribution is 2.20. The van der Waals surface area contributed by atoms with Crippen LogP contribution in [0.4, 0.5) is 15.8 Å². The maximum atomic E-state index is 13.1. The number of nitrogens with zero attached hydrogens (tertiary/aromatic N) is 1. The van der Waals surface area contributed by atoms with Crippen LogP contribution in [0.5, 0.6) is 0 Å². The van der Waals surface area contributed by atoms with Gasteiger partial charge in [-0.3, -0.25) is 9.69 Å². The molecule has 4 nitrogen and oxygen atoms in total. The summed E-state index contributed by atoms with van der Waals surface area (Å²) in [6, 6.07) is 3.97. The normalized spacial score (nSPS) is 17.4.